The molecule has 0 bridgehead atoms. The molecule has 0 spiro atoms. The number of nitrogens with one attached hydrogen (secondary N) is 1. The maximum absolute atomic E-state index is 12.6. The second-order valence-electron chi connectivity index (χ2n) is 7.04. The van der Waals surface area contributed by atoms with Crippen molar-refractivity contribution in [3.05, 3.63) is 66.7 Å². The highest BCUT2D eigenvalue weighted by Gasteiger charge is 2.23. The van der Waals surface area contributed by atoms with E-state index in [1.54, 1.807) is 4.90 Å². The van der Waals surface area contributed by atoms with Gasteiger partial charge >= 0.3 is 0 Å². The van der Waals surface area contributed by atoms with E-state index in [2.05, 4.69) is 5.32 Å². The van der Waals surface area contributed by atoms with Crippen LogP contribution in [-0.4, -0.2) is 38.1 Å². The SMILES string of the molecule is O=C(CCC(=O)N1CCOc2ccccc21)NCCOc1cccc2ccccc12. The molecule has 0 aromatic heterocycles. The van der Waals surface area contributed by atoms with Crippen molar-refractivity contribution in [1.29, 1.82) is 0 Å². The molecule has 6 heteroatoms. The van der Waals surface area contributed by atoms with Crippen molar-refractivity contribution in [1.82, 2.24) is 5.32 Å². The highest BCUT2D eigenvalue weighted by molar-refractivity contribution is 5.97. The van der Waals surface area contributed by atoms with Crippen LogP contribution in [0.15, 0.2) is 66.7 Å². The van der Waals surface area contributed by atoms with Crippen LogP contribution in [0.5, 0.6) is 11.5 Å². The number of amides is 2. The van der Waals surface area contributed by atoms with Gasteiger partial charge in [0.05, 0.1) is 18.8 Å². The van der Waals surface area contributed by atoms with E-state index in [0.29, 0.717) is 32.1 Å². The number of benzene rings is 3. The lowest BCUT2D eigenvalue weighted by Crippen LogP contribution is -2.38. The fourth-order valence-electron chi connectivity index (χ4n) is 3.55. The van der Waals surface area contributed by atoms with Gasteiger partial charge in [-0.15, -0.1) is 0 Å². The van der Waals surface area contributed by atoms with Crippen LogP contribution in [0.1, 0.15) is 12.8 Å². The molecule has 0 fully saturated rings. The smallest absolute Gasteiger partial charge is 0.227 e. The third kappa shape index (κ3) is 4.54. The van der Waals surface area contributed by atoms with E-state index in [9.17, 15) is 9.59 Å². The van der Waals surface area contributed by atoms with Crippen LogP contribution >= 0.6 is 0 Å². The molecule has 0 atom stereocenters. The van der Waals surface area contributed by atoms with Gasteiger partial charge in [0.1, 0.15) is 24.7 Å². The zero-order valence-electron chi connectivity index (χ0n) is 16.7. The molecule has 1 aliphatic rings. The van der Waals surface area contributed by atoms with Gasteiger partial charge in [0.15, 0.2) is 0 Å². The third-order valence-electron chi connectivity index (χ3n) is 5.03. The lowest BCUT2D eigenvalue weighted by molar-refractivity contribution is -0.125. The summed E-state index contributed by atoms with van der Waals surface area (Å²) in [5, 5.41) is 4.98. The molecule has 0 saturated heterocycles. The van der Waals surface area contributed by atoms with E-state index in [-0.39, 0.29) is 24.7 Å². The lowest BCUT2D eigenvalue weighted by Gasteiger charge is -2.29. The Labute approximate surface area is 175 Å². The van der Waals surface area contributed by atoms with Crippen LogP contribution < -0.4 is 19.7 Å². The number of fused-ring (bicyclic) bond motifs is 2. The summed E-state index contributed by atoms with van der Waals surface area (Å²) in [6.07, 6.45) is 0.303. The van der Waals surface area contributed by atoms with E-state index in [0.717, 1.165) is 22.2 Å². The predicted octanol–water partition coefficient (Wildman–Crippen LogP) is 3.54. The number of carbonyl (C=O) groups excluding carboxylic acids is 2. The van der Waals surface area contributed by atoms with Gasteiger partial charge in [-0.2, -0.15) is 0 Å². The van der Waals surface area contributed by atoms with Gasteiger partial charge in [0.2, 0.25) is 11.8 Å². The van der Waals surface area contributed by atoms with Crippen molar-refractivity contribution in [2.45, 2.75) is 12.8 Å². The number of nitrogens with zero attached hydrogens (tertiary/aromatic N) is 1. The van der Waals surface area contributed by atoms with E-state index >= 15 is 0 Å². The van der Waals surface area contributed by atoms with E-state index < -0.39 is 0 Å². The number of carbonyl (C=O) groups is 2. The maximum atomic E-state index is 12.6. The normalized spacial score (nSPS) is 12.7. The monoisotopic (exact) mass is 404 g/mol. The molecule has 2 amide bonds. The molecule has 3 aromatic rings. The van der Waals surface area contributed by atoms with E-state index in [1.165, 1.54) is 0 Å². The third-order valence-corrected chi connectivity index (χ3v) is 5.03. The minimum atomic E-state index is -0.161. The van der Waals surface area contributed by atoms with Crippen LogP contribution in [0.4, 0.5) is 5.69 Å². The topological polar surface area (TPSA) is 67.9 Å². The second kappa shape index (κ2) is 9.31. The Balaban J connectivity index is 1.22. The van der Waals surface area contributed by atoms with Crippen LogP contribution in [0.3, 0.4) is 0 Å². The molecule has 0 saturated carbocycles. The summed E-state index contributed by atoms with van der Waals surface area (Å²) in [5.41, 5.74) is 0.762. The first-order valence-corrected chi connectivity index (χ1v) is 10.1. The van der Waals surface area contributed by atoms with Gasteiger partial charge in [-0.05, 0) is 23.6 Å². The fourth-order valence-corrected chi connectivity index (χ4v) is 3.55. The van der Waals surface area contributed by atoms with Crippen molar-refractivity contribution < 1.29 is 19.1 Å². The largest absolute Gasteiger partial charge is 0.491 e. The Kier molecular flexibility index (Phi) is 6.13. The summed E-state index contributed by atoms with van der Waals surface area (Å²) in [7, 11) is 0. The minimum Gasteiger partial charge on any atom is -0.491 e. The average molecular weight is 404 g/mol. The number of rotatable bonds is 7. The van der Waals surface area contributed by atoms with Gasteiger partial charge in [-0.1, -0.05) is 48.5 Å². The standard InChI is InChI=1S/C24H24N2O4/c27-23(12-13-24(28)26-15-17-30-22-10-4-3-9-20(22)26)25-14-16-29-21-11-5-7-18-6-1-2-8-19(18)21/h1-11H,12-17H2,(H,25,27). The van der Waals surface area contributed by atoms with Gasteiger partial charge < -0.3 is 19.7 Å². The predicted molar refractivity (Wildman–Crippen MR) is 116 cm³/mol. The molecule has 0 aliphatic carbocycles. The Morgan fingerprint density at radius 3 is 2.70 bits per heavy atom. The molecule has 4 rings (SSSR count). The minimum absolute atomic E-state index is 0.0760. The summed E-state index contributed by atoms with van der Waals surface area (Å²) in [4.78, 5) is 26.4. The molecule has 1 aliphatic heterocycles. The number of hydrogen-bond donors (Lipinski definition) is 1. The lowest BCUT2D eigenvalue weighted by atomic mass is 10.1. The Hall–Kier alpha value is -3.54. The quantitative estimate of drug-likeness (QED) is 0.612. The van der Waals surface area contributed by atoms with Crippen molar-refractivity contribution in [3.63, 3.8) is 0 Å². The van der Waals surface area contributed by atoms with Gasteiger partial charge in [0, 0.05) is 18.2 Å². The molecule has 1 N–H and O–H groups in total. The zero-order valence-corrected chi connectivity index (χ0v) is 16.7. The van der Waals surface area contributed by atoms with Crippen molar-refractivity contribution in [2.24, 2.45) is 0 Å². The summed E-state index contributed by atoms with van der Waals surface area (Å²) in [6.45, 7) is 1.71. The molecule has 1 heterocycles. The number of ether oxygens (including phenoxy) is 2. The molecule has 6 nitrogen and oxygen atoms in total. The highest BCUT2D eigenvalue weighted by Crippen LogP contribution is 2.31. The van der Waals surface area contributed by atoms with Crippen LogP contribution in [0, 0.1) is 0 Å². The number of para-hydroxylation sites is 2. The molecule has 3 aromatic carbocycles. The zero-order chi connectivity index (χ0) is 20.8. The average Bonchev–Trinajstić information content (AvgIpc) is 2.80. The molecule has 0 unspecified atom stereocenters. The molecular weight excluding hydrogens is 380 g/mol. The molecule has 154 valence electrons. The summed E-state index contributed by atoms with van der Waals surface area (Å²) in [5.74, 6) is 1.26. The van der Waals surface area contributed by atoms with Crippen molar-refractivity contribution in [2.75, 3.05) is 31.2 Å². The van der Waals surface area contributed by atoms with E-state index in [4.69, 9.17) is 9.47 Å². The summed E-state index contributed by atoms with van der Waals surface area (Å²) >= 11 is 0. The van der Waals surface area contributed by atoms with Crippen LogP contribution in [0.2, 0.25) is 0 Å². The van der Waals surface area contributed by atoms with Crippen molar-refractivity contribution >= 4 is 28.3 Å². The highest BCUT2D eigenvalue weighted by atomic mass is 16.5. The van der Waals surface area contributed by atoms with Crippen LogP contribution in [-0.2, 0) is 9.59 Å². The first-order valence-electron chi connectivity index (χ1n) is 10.1. The second-order valence-corrected chi connectivity index (χ2v) is 7.04. The van der Waals surface area contributed by atoms with Gasteiger partial charge in [0.25, 0.3) is 0 Å². The van der Waals surface area contributed by atoms with Crippen LogP contribution in [0.25, 0.3) is 10.8 Å². The van der Waals surface area contributed by atoms with Gasteiger partial charge in [-0.25, -0.2) is 0 Å². The Bertz CT molecular complexity index is 1040. The first-order chi connectivity index (χ1) is 14.7. The molecule has 0 radical (unpaired) electrons. The summed E-state index contributed by atoms with van der Waals surface area (Å²) in [6, 6.07) is 21.4. The number of hydrogen-bond acceptors (Lipinski definition) is 4. The number of anilines is 1. The first kappa shape index (κ1) is 19.8. The molecular formula is C24H24N2O4. The summed E-state index contributed by atoms with van der Waals surface area (Å²) < 4.78 is 11.4. The Morgan fingerprint density at radius 1 is 0.967 bits per heavy atom. The Morgan fingerprint density at radius 2 is 1.77 bits per heavy atom. The van der Waals surface area contributed by atoms with Crippen molar-refractivity contribution in [3.8, 4) is 11.5 Å². The van der Waals surface area contributed by atoms with Gasteiger partial charge in [-0.3, -0.25) is 9.59 Å². The maximum Gasteiger partial charge on any atom is 0.227 e. The fraction of sp³-hybridized carbons (Fsp3) is 0.250. The molecule has 30 heavy (non-hydrogen) atoms. The van der Waals surface area contributed by atoms with E-state index in [1.807, 2.05) is 66.7 Å².